The van der Waals surface area contributed by atoms with Crippen LogP contribution in [0.1, 0.15) is 45.8 Å². The Kier molecular flexibility index (Phi) is 6.26. The molecule has 0 aliphatic carbocycles. The van der Waals surface area contributed by atoms with Gasteiger partial charge in [-0.2, -0.15) is 0 Å². The van der Waals surface area contributed by atoms with Crippen LogP contribution in [0, 0.1) is 13.8 Å². The Hall–Kier alpha value is -3.28. The van der Waals surface area contributed by atoms with Crippen molar-refractivity contribution in [1.82, 2.24) is 10.1 Å². The van der Waals surface area contributed by atoms with E-state index in [-0.39, 0.29) is 5.91 Å². The summed E-state index contributed by atoms with van der Waals surface area (Å²) < 4.78 is 11.1. The van der Waals surface area contributed by atoms with Gasteiger partial charge in [-0.3, -0.25) is 4.79 Å². The third kappa shape index (κ3) is 4.74. The Morgan fingerprint density at radius 2 is 1.90 bits per heavy atom. The van der Waals surface area contributed by atoms with E-state index in [2.05, 4.69) is 28.3 Å². The van der Waals surface area contributed by atoms with Gasteiger partial charge < -0.3 is 19.1 Å². The fourth-order valence-corrected chi connectivity index (χ4v) is 4.04. The minimum absolute atomic E-state index is 0.0287. The molecule has 1 saturated heterocycles. The van der Waals surface area contributed by atoms with E-state index >= 15 is 0 Å². The molecule has 0 bridgehead atoms. The maximum Gasteiger partial charge on any atom is 0.254 e. The van der Waals surface area contributed by atoms with Gasteiger partial charge >= 0.3 is 0 Å². The predicted molar refractivity (Wildman–Crippen MR) is 120 cm³/mol. The molecular formula is C25H29N3O3. The van der Waals surface area contributed by atoms with Gasteiger partial charge in [-0.1, -0.05) is 29.4 Å². The second kappa shape index (κ2) is 9.25. The van der Waals surface area contributed by atoms with Crippen LogP contribution in [0.25, 0.3) is 0 Å². The number of anilines is 1. The zero-order valence-electron chi connectivity index (χ0n) is 18.4. The smallest absolute Gasteiger partial charge is 0.254 e. The number of hydrogen-bond donors (Lipinski definition) is 0. The van der Waals surface area contributed by atoms with Gasteiger partial charge in [0, 0.05) is 37.9 Å². The second-order valence-corrected chi connectivity index (χ2v) is 8.10. The third-order valence-electron chi connectivity index (χ3n) is 5.84. The number of hydrogen-bond acceptors (Lipinski definition) is 5. The van der Waals surface area contributed by atoms with Gasteiger partial charge in [0.15, 0.2) is 0 Å². The summed E-state index contributed by atoms with van der Waals surface area (Å²) >= 11 is 0. The first-order valence-corrected chi connectivity index (χ1v) is 10.8. The van der Waals surface area contributed by atoms with E-state index < -0.39 is 0 Å². The average Bonchev–Trinajstić information content (AvgIpc) is 3.43. The van der Waals surface area contributed by atoms with Crippen LogP contribution in [-0.4, -0.2) is 36.1 Å². The summed E-state index contributed by atoms with van der Waals surface area (Å²) in [6.07, 6.45) is 2.45. The van der Waals surface area contributed by atoms with Crippen LogP contribution >= 0.6 is 0 Å². The molecule has 6 heteroatoms. The van der Waals surface area contributed by atoms with Gasteiger partial charge in [-0.15, -0.1) is 0 Å². The Morgan fingerprint density at radius 1 is 1.13 bits per heavy atom. The topological polar surface area (TPSA) is 58.8 Å². The molecule has 2 heterocycles. The van der Waals surface area contributed by atoms with E-state index in [4.69, 9.17) is 9.26 Å². The molecular weight excluding hydrogens is 390 g/mol. The Balaban J connectivity index is 1.44. The lowest BCUT2D eigenvalue weighted by atomic mass is 10.1. The minimum Gasteiger partial charge on any atom is -0.489 e. The number of benzene rings is 2. The van der Waals surface area contributed by atoms with Gasteiger partial charge in [-0.05, 0) is 56.5 Å². The van der Waals surface area contributed by atoms with Crippen molar-refractivity contribution in [3.8, 4) is 5.75 Å². The van der Waals surface area contributed by atoms with Crippen LogP contribution < -0.4 is 9.64 Å². The Bertz CT molecular complexity index is 1030. The minimum atomic E-state index is -0.0287. The number of carbonyl (C=O) groups excluding carboxylic acids is 1. The molecule has 1 aliphatic rings. The first kappa shape index (κ1) is 21.0. The van der Waals surface area contributed by atoms with Crippen molar-refractivity contribution in [3.63, 3.8) is 0 Å². The molecule has 1 fully saturated rings. The molecule has 0 radical (unpaired) electrons. The van der Waals surface area contributed by atoms with E-state index in [0.29, 0.717) is 24.5 Å². The highest BCUT2D eigenvalue weighted by atomic mass is 16.5. The van der Waals surface area contributed by atoms with Gasteiger partial charge in [0.2, 0.25) is 0 Å². The van der Waals surface area contributed by atoms with Crippen molar-refractivity contribution < 1.29 is 14.1 Å². The monoisotopic (exact) mass is 419 g/mol. The van der Waals surface area contributed by atoms with E-state index in [1.54, 1.807) is 11.0 Å². The average molecular weight is 420 g/mol. The highest BCUT2D eigenvalue weighted by molar-refractivity contribution is 5.94. The van der Waals surface area contributed by atoms with E-state index in [0.717, 1.165) is 30.1 Å². The Morgan fingerprint density at radius 3 is 2.65 bits per heavy atom. The van der Waals surface area contributed by atoms with Crippen LogP contribution in [0.3, 0.4) is 0 Å². The molecule has 1 aromatic heterocycles. The second-order valence-electron chi connectivity index (χ2n) is 8.10. The molecule has 31 heavy (non-hydrogen) atoms. The van der Waals surface area contributed by atoms with E-state index in [1.165, 1.54) is 24.1 Å². The van der Waals surface area contributed by atoms with Crippen molar-refractivity contribution in [2.45, 2.75) is 39.8 Å². The first-order chi connectivity index (χ1) is 15.0. The van der Waals surface area contributed by atoms with Crippen LogP contribution in [0.5, 0.6) is 5.75 Å². The number of ether oxygens (including phenoxy) is 1. The standard InChI is InChI=1S/C25H29N3O3/c1-18-23(19(2)31-26-18)17-30-22-11-8-10-20(15-22)25(29)27(3)16-21-9-4-5-12-24(21)28-13-6-7-14-28/h4-5,8-12,15H,6-7,13-14,16-17H2,1-3H3. The quantitative estimate of drug-likeness (QED) is 0.553. The molecule has 0 spiro atoms. The molecule has 0 saturated carbocycles. The number of nitrogens with zero attached hydrogens (tertiary/aromatic N) is 3. The predicted octanol–water partition coefficient (Wildman–Crippen LogP) is 4.74. The molecule has 1 aliphatic heterocycles. The fraction of sp³-hybridized carbons (Fsp3) is 0.360. The van der Waals surface area contributed by atoms with E-state index in [9.17, 15) is 4.79 Å². The summed E-state index contributed by atoms with van der Waals surface area (Å²) in [5, 5.41) is 3.95. The summed E-state index contributed by atoms with van der Waals surface area (Å²) in [6.45, 7) is 6.85. The molecule has 3 aromatic rings. The number of aromatic nitrogens is 1. The normalized spacial score (nSPS) is 13.5. The third-order valence-corrected chi connectivity index (χ3v) is 5.84. The number of rotatable bonds is 7. The summed E-state index contributed by atoms with van der Waals surface area (Å²) in [7, 11) is 1.85. The maximum atomic E-state index is 13.1. The van der Waals surface area contributed by atoms with Crippen LogP contribution in [0.15, 0.2) is 53.1 Å². The molecule has 4 rings (SSSR count). The van der Waals surface area contributed by atoms with Crippen LogP contribution in [0.4, 0.5) is 5.69 Å². The number of carbonyl (C=O) groups is 1. The molecule has 1 amide bonds. The Labute approximate surface area is 183 Å². The molecule has 2 aromatic carbocycles. The van der Waals surface area contributed by atoms with Crippen molar-refractivity contribution in [2.75, 3.05) is 25.0 Å². The zero-order chi connectivity index (χ0) is 21.8. The lowest BCUT2D eigenvalue weighted by Gasteiger charge is -2.24. The summed E-state index contributed by atoms with van der Waals surface area (Å²) in [6, 6.07) is 15.7. The summed E-state index contributed by atoms with van der Waals surface area (Å²) in [4.78, 5) is 17.3. The van der Waals surface area contributed by atoms with E-state index in [1.807, 2.05) is 45.2 Å². The van der Waals surface area contributed by atoms with Gasteiger partial charge in [0.1, 0.15) is 18.1 Å². The number of para-hydroxylation sites is 1. The van der Waals surface area contributed by atoms with Gasteiger partial charge in [-0.25, -0.2) is 0 Å². The number of aryl methyl sites for hydroxylation is 2. The summed E-state index contributed by atoms with van der Waals surface area (Å²) in [5.74, 6) is 1.37. The first-order valence-electron chi connectivity index (χ1n) is 10.8. The molecule has 6 nitrogen and oxygen atoms in total. The lowest BCUT2D eigenvalue weighted by molar-refractivity contribution is 0.0784. The SMILES string of the molecule is Cc1noc(C)c1COc1cccc(C(=O)N(C)Cc2ccccc2N2CCCC2)c1. The van der Waals surface area contributed by atoms with Gasteiger partial charge in [0.05, 0.1) is 11.3 Å². The molecule has 0 N–H and O–H groups in total. The number of amides is 1. The molecule has 0 unspecified atom stereocenters. The fourth-order valence-electron chi connectivity index (χ4n) is 4.04. The van der Waals surface area contributed by atoms with Crippen molar-refractivity contribution in [3.05, 3.63) is 76.7 Å². The highest BCUT2D eigenvalue weighted by Gasteiger charge is 2.19. The van der Waals surface area contributed by atoms with Crippen LogP contribution in [0.2, 0.25) is 0 Å². The molecule has 162 valence electrons. The van der Waals surface area contributed by atoms with Gasteiger partial charge in [0.25, 0.3) is 5.91 Å². The lowest BCUT2D eigenvalue weighted by Crippen LogP contribution is -2.28. The van der Waals surface area contributed by atoms with Crippen LogP contribution in [-0.2, 0) is 13.2 Å². The maximum absolute atomic E-state index is 13.1. The zero-order valence-corrected chi connectivity index (χ0v) is 18.4. The summed E-state index contributed by atoms with van der Waals surface area (Å²) in [5.41, 5.74) is 4.77. The highest BCUT2D eigenvalue weighted by Crippen LogP contribution is 2.26. The molecule has 0 atom stereocenters. The van der Waals surface area contributed by atoms with Crippen molar-refractivity contribution in [1.29, 1.82) is 0 Å². The largest absolute Gasteiger partial charge is 0.489 e. The van der Waals surface area contributed by atoms with Crippen molar-refractivity contribution in [2.24, 2.45) is 0 Å². The van der Waals surface area contributed by atoms with Crippen molar-refractivity contribution >= 4 is 11.6 Å².